The number of piperidine rings is 1. The molecule has 0 aromatic carbocycles. The summed E-state index contributed by atoms with van der Waals surface area (Å²) in [5.41, 5.74) is 0. The summed E-state index contributed by atoms with van der Waals surface area (Å²) in [6.07, 6.45) is 38.6. The summed E-state index contributed by atoms with van der Waals surface area (Å²) in [5.74, 6) is 0. The van der Waals surface area contributed by atoms with E-state index in [0.29, 0.717) is 0 Å². The molecule has 1 atom stereocenters. The minimum Gasteiger partial charge on any atom is -0.379 e. The van der Waals surface area contributed by atoms with Crippen LogP contribution in [0.1, 0.15) is 155 Å². The zero-order chi connectivity index (χ0) is 27.2. The molecule has 1 aliphatic rings. The first-order chi connectivity index (χ1) is 18.9. The van der Waals surface area contributed by atoms with Crippen LogP contribution >= 0.6 is 0 Å². The SMILES string of the molecule is CCCCC/C=C\C/C=C\CCCCCCCCOCC(CN1CCCCC1)OCCCCCCCCC. The third-order valence-corrected chi connectivity index (χ3v) is 7.81. The smallest absolute Gasteiger partial charge is 0.0934 e. The van der Waals surface area contributed by atoms with E-state index in [9.17, 15) is 0 Å². The van der Waals surface area contributed by atoms with Crippen LogP contribution in [0.2, 0.25) is 0 Å². The van der Waals surface area contributed by atoms with Gasteiger partial charge in [0.15, 0.2) is 0 Å². The summed E-state index contributed by atoms with van der Waals surface area (Å²) in [6.45, 7) is 10.7. The molecule has 1 fully saturated rings. The Morgan fingerprint density at radius 3 is 1.76 bits per heavy atom. The number of hydrogen-bond donors (Lipinski definition) is 0. The first-order valence-electron chi connectivity index (χ1n) is 17.1. The molecule has 1 rings (SSSR count). The van der Waals surface area contributed by atoms with Crippen LogP contribution in [0, 0.1) is 0 Å². The number of nitrogens with zero attached hydrogens (tertiary/aromatic N) is 1. The molecule has 0 aliphatic carbocycles. The quantitative estimate of drug-likeness (QED) is 0.0737. The monoisotopic (exact) mass is 534 g/mol. The third-order valence-electron chi connectivity index (χ3n) is 7.81. The Hall–Kier alpha value is -0.640. The highest BCUT2D eigenvalue weighted by molar-refractivity contribution is 4.92. The Morgan fingerprint density at radius 2 is 1.11 bits per heavy atom. The molecule has 1 saturated heterocycles. The van der Waals surface area contributed by atoms with Gasteiger partial charge in [0.2, 0.25) is 0 Å². The second-order valence-electron chi connectivity index (χ2n) is 11.6. The van der Waals surface area contributed by atoms with Gasteiger partial charge in [-0.3, -0.25) is 0 Å². The molecule has 0 aromatic rings. The summed E-state index contributed by atoms with van der Waals surface area (Å²) >= 11 is 0. The molecule has 0 radical (unpaired) electrons. The molecule has 0 N–H and O–H groups in total. The molecule has 0 bridgehead atoms. The predicted molar refractivity (Wildman–Crippen MR) is 168 cm³/mol. The van der Waals surface area contributed by atoms with E-state index in [1.807, 2.05) is 0 Å². The molecule has 1 unspecified atom stereocenters. The van der Waals surface area contributed by atoms with Gasteiger partial charge in [-0.2, -0.15) is 0 Å². The lowest BCUT2D eigenvalue weighted by Crippen LogP contribution is -2.39. The van der Waals surface area contributed by atoms with Crippen LogP contribution in [0.25, 0.3) is 0 Å². The fraction of sp³-hybridized carbons (Fsp3) is 0.886. The number of likely N-dealkylation sites (tertiary alicyclic amines) is 1. The fourth-order valence-corrected chi connectivity index (χ4v) is 5.30. The molecule has 0 saturated carbocycles. The molecule has 3 heteroatoms. The van der Waals surface area contributed by atoms with Crippen molar-refractivity contribution in [3.63, 3.8) is 0 Å². The van der Waals surface area contributed by atoms with Gasteiger partial charge < -0.3 is 14.4 Å². The number of allylic oxidation sites excluding steroid dienone is 4. The maximum absolute atomic E-state index is 6.33. The van der Waals surface area contributed by atoms with Crippen LogP contribution in [0.5, 0.6) is 0 Å². The van der Waals surface area contributed by atoms with Gasteiger partial charge in [-0.05, 0) is 70.9 Å². The molecule has 0 amide bonds. The van der Waals surface area contributed by atoms with Gasteiger partial charge in [-0.15, -0.1) is 0 Å². The van der Waals surface area contributed by atoms with E-state index in [2.05, 4.69) is 43.1 Å². The van der Waals surface area contributed by atoms with Crippen molar-refractivity contribution in [3.05, 3.63) is 24.3 Å². The van der Waals surface area contributed by atoms with Crippen molar-refractivity contribution in [3.8, 4) is 0 Å². The molecule has 3 nitrogen and oxygen atoms in total. The highest BCUT2D eigenvalue weighted by Gasteiger charge is 2.17. The van der Waals surface area contributed by atoms with Crippen molar-refractivity contribution < 1.29 is 9.47 Å². The molecular formula is C35H67NO2. The Balaban J connectivity index is 2.00. The van der Waals surface area contributed by atoms with Gasteiger partial charge in [0.25, 0.3) is 0 Å². The number of ether oxygens (including phenoxy) is 2. The molecule has 1 heterocycles. The molecular weight excluding hydrogens is 466 g/mol. The zero-order valence-electron chi connectivity index (χ0n) is 25.9. The Bertz CT molecular complexity index is 512. The van der Waals surface area contributed by atoms with E-state index in [1.54, 1.807) is 0 Å². The second kappa shape index (κ2) is 29.3. The van der Waals surface area contributed by atoms with Crippen molar-refractivity contribution in [1.29, 1.82) is 0 Å². The maximum atomic E-state index is 6.33. The van der Waals surface area contributed by atoms with Crippen LogP contribution in [0.15, 0.2) is 24.3 Å². The summed E-state index contributed by atoms with van der Waals surface area (Å²) in [7, 11) is 0. The molecule has 1 aliphatic heterocycles. The Labute approximate surface area is 239 Å². The summed E-state index contributed by atoms with van der Waals surface area (Å²) in [6, 6.07) is 0. The summed E-state index contributed by atoms with van der Waals surface area (Å²) in [5, 5.41) is 0. The Kier molecular flexibility index (Phi) is 27.3. The predicted octanol–water partition coefficient (Wildman–Crippen LogP) is 10.4. The Morgan fingerprint density at radius 1 is 0.579 bits per heavy atom. The standard InChI is InChI=1S/C35H67NO2/c1-3-5-7-9-11-12-13-14-15-16-17-18-19-21-22-27-31-37-34-35(33-36-29-25-24-26-30-36)38-32-28-23-20-10-8-6-4-2/h11-12,14-15,35H,3-10,13,16-34H2,1-2H3/b12-11-,15-14-. The topological polar surface area (TPSA) is 21.7 Å². The highest BCUT2D eigenvalue weighted by atomic mass is 16.5. The molecule has 0 spiro atoms. The van der Waals surface area contributed by atoms with Crippen LogP contribution in [-0.2, 0) is 9.47 Å². The van der Waals surface area contributed by atoms with Crippen LogP contribution in [0.4, 0.5) is 0 Å². The van der Waals surface area contributed by atoms with Crippen LogP contribution in [-0.4, -0.2) is 50.5 Å². The first kappa shape index (κ1) is 35.4. The fourth-order valence-electron chi connectivity index (χ4n) is 5.30. The van der Waals surface area contributed by atoms with Gasteiger partial charge in [-0.1, -0.05) is 122 Å². The van der Waals surface area contributed by atoms with Crippen LogP contribution < -0.4 is 0 Å². The number of rotatable bonds is 28. The third kappa shape index (κ3) is 24.4. The van der Waals surface area contributed by atoms with E-state index in [4.69, 9.17) is 9.47 Å². The van der Waals surface area contributed by atoms with E-state index in [-0.39, 0.29) is 6.10 Å². The maximum Gasteiger partial charge on any atom is 0.0934 e. The van der Waals surface area contributed by atoms with E-state index in [1.165, 1.54) is 148 Å². The number of hydrogen-bond acceptors (Lipinski definition) is 3. The summed E-state index contributed by atoms with van der Waals surface area (Å²) < 4.78 is 12.4. The molecule has 0 aromatic heterocycles. The zero-order valence-corrected chi connectivity index (χ0v) is 25.9. The average Bonchev–Trinajstić information content (AvgIpc) is 2.94. The van der Waals surface area contributed by atoms with Crippen LogP contribution in [0.3, 0.4) is 0 Å². The van der Waals surface area contributed by atoms with Gasteiger partial charge in [0.1, 0.15) is 0 Å². The largest absolute Gasteiger partial charge is 0.379 e. The lowest BCUT2D eigenvalue weighted by Gasteiger charge is -2.30. The molecule has 224 valence electrons. The van der Waals surface area contributed by atoms with Gasteiger partial charge in [-0.25, -0.2) is 0 Å². The van der Waals surface area contributed by atoms with Gasteiger partial charge in [0.05, 0.1) is 12.7 Å². The minimum absolute atomic E-state index is 0.248. The lowest BCUT2D eigenvalue weighted by molar-refractivity contribution is -0.0363. The van der Waals surface area contributed by atoms with Gasteiger partial charge >= 0.3 is 0 Å². The normalized spacial score (nSPS) is 15.7. The number of unbranched alkanes of at least 4 members (excludes halogenated alkanes) is 15. The van der Waals surface area contributed by atoms with Gasteiger partial charge in [0, 0.05) is 19.8 Å². The van der Waals surface area contributed by atoms with E-state index >= 15 is 0 Å². The van der Waals surface area contributed by atoms with E-state index in [0.717, 1.165) is 32.8 Å². The highest BCUT2D eigenvalue weighted by Crippen LogP contribution is 2.13. The van der Waals surface area contributed by atoms with Crippen molar-refractivity contribution in [1.82, 2.24) is 4.90 Å². The van der Waals surface area contributed by atoms with Crippen molar-refractivity contribution >= 4 is 0 Å². The first-order valence-corrected chi connectivity index (χ1v) is 17.1. The lowest BCUT2D eigenvalue weighted by atomic mass is 10.1. The summed E-state index contributed by atoms with van der Waals surface area (Å²) in [4.78, 5) is 2.60. The minimum atomic E-state index is 0.248. The van der Waals surface area contributed by atoms with Crippen molar-refractivity contribution in [2.24, 2.45) is 0 Å². The van der Waals surface area contributed by atoms with E-state index < -0.39 is 0 Å². The second-order valence-corrected chi connectivity index (χ2v) is 11.6. The molecule has 38 heavy (non-hydrogen) atoms. The van der Waals surface area contributed by atoms with Crippen molar-refractivity contribution in [2.75, 3.05) is 39.5 Å². The van der Waals surface area contributed by atoms with Crippen molar-refractivity contribution in [2.45, 2.75) is 161 Å². The average molecular weight is 534 g/mol.